The predicted molar refractivity (Wildman–Crippen MR) is 64.6 cm³/mol. The van der Waals surface area contributed by atoms with Gasteiger partial charge < -0.3 is 15.2 Å². The molecule has 0 spiro atoms. The zero-order valence-corrected chi connectivity index (χ0v) is 10.7. The van der Waals surface area contributed by atoms with E-state index in [9.17, 15) is 9.90 Å². The van der Waals surface area contributed by atoms with Gasteiger partial charge in [-0.1, -0.05) is 15.9 Å². The molecule has 4 nitrogen and oxygen atoms in total. The summed E-state index contributed by atoms with van der Waals surface area (Å²) >= 11 is 3.24. The Kier molecular flexibility index (Phi) is 4.76. The van der Waals surface area contributed by atoms with E-state index in [4.69, 9.17) is 4.74 Å². The van der Waals surface area contributed by atoms with Crippen LogP contribution < -0.4 is 5.32 Å². The molecule has 1 unspecified atom stereocenters. The summed E-state index contributed by atoms with van der Waals surface area (Å²) in [6, 6.07) is 4.71. The molecule has 0 aliphatic carbocycles. The third-order valence-electron chi connectivity index (χ3n) is 2.16. The number of rotatable bonds is 4. The molecule has 0 fully saturated rings. The van der Waals surface area contributed by atoms with Crippen molar-refractivity contribution in [1.82, 2.24) is 5.32 Å². The lowest BCUT2D eigenvalue weighted by atomic mass is 10.2. The minimum atomic E-state index is -0.317. The summed E-state index contributed by atoms with van der Waals surface area (Å²) in [4.78, 5) is 11.7. The van der Waals surface area contributed by atoms with Crippen molar-refractivity contribution in [2.75, 3.05) is 13.7 Å². The van der Waals surface area contributed by atoms with Gasteiger partial charge in [-0.2, -0.15) is 0 Å². The van der Waals surface area contributed by atoms with Crippen LogP contribution in [-0.2, 0) is 4.74 Å². The van der Waals surface area contributed by atoms with Gasteiger partial charge in [-0.25, -0.2) is 0 Å². The van der Waals surface area contributed by atoms with Crippen molar-refractivity contribution < 1.29 is 14.6 Å². The fraction of sp³-hybridized carbons (Fsp3) is 0.364. The molecule has 1 aromatic rings. The van der Waals surface area contributed by atoms with Gasteiger partial charge in [0.15, 0.2) is 0 Å². The lowest BCUT2D eigenvalue weighted by Gasteiger charge is -2.11. The Labute approximate surface area is 103 Å². The molecule has 0 aliphatic heterocycles. The largest absolute Gasteiger partial charge is 0.507 e. The molecule has 1 atom stereocenters. The molecule has 1 amide bonds. The molecule has 16 heavy (non-hydrogen) atoms. The maximum absolute atomic E-state index is 11.7. The number of benzene rings is 1. The summed E-state index contributed by atoms with van der Waals surface area (Å²) in [5.74, 6) is -0.353. The predicted octanol–water partition coefficient (Wildman–Crippen LogP) is 1.92. The number of nitrogens with one attached hydrogen (secondary N) is 1. The van der Waals surface area contributed by atoms with Crippen molar-refractivity contribution in [1.29, 1.82) is 0 Å². The van der Waals surface area contributed by atoms with Crippen LogP contribution in [0.3, 0.4) is 0 Å². The second-order valence-corrected chi connectivity index (χ2v) is 4.33. The Morgan fingerprint density at radius 2 is 2.31 bits per heavy atom. The summed E-state index contributed by atoms with van der Waals surface area (Å²) in [6.45, 7) is 2.25. The maximum atomic E-state index is 11.7. The van der Waals surface area contributed by atoms with Crippen LogP contribution in [-0.4, -0.2) is 30.8 Å². The van der Waals surface area contributed by atoms with Gasteiger partial charge in [-0.3, -0.25) is 4.79 Å². The molecule has 0 aliphatic rings. The number of amides is 1. The molecule has 88 valence electrons. The number of phenolic OH excluding ortho intramolecular Hbond substituents is 1. The van der Waals surface area contributed by atoms with Crippen molar-refractivity contribution in [2.24, 2.45) is 0 Å². The highest BCUT2D eigenvalue weighted by Gasteiger charge is 2.12. The van der Waals surface area contributed by atoms with Crippen LogP contribution in [0.5, 0.6) is 5.75 Å². The van der Waals surface area contributed by atoms with Crippen molar-refractivity contribution >= 4 is 21.8 Å². The van der Waals surface area contributed by atoms with Crippen LogP contribution in [0.2, 0.25) is 0 Å². The molecule has 0 saturated carbocycles. The van der Waals surface area contributed by atoms with E-state index in [2.05, 4.69) is 21.2 Å². The first-order valence-electron chi connectivity index (χ1n) is 4.84. The highest BCUT2D eigenvalue weighted by Crippen LogP contribution is 2.21. The highest BCUT2D eigenvalue weighted by atomic mass is 79.9. The Bertz CT molecular complexity index is 381. The minimum Gasteiger partial charge on any atom is -0.507 e. The number of carbonyl (C=O) groups is 1. The van der Waals surface area contributed by atoms with Gasteiger partial charge in [0.1, 0.15) is 5.75 Å². The van der Waals surface area contributed by atoms with Gasteiger partial charge in [-0.15, -0.1) is 0 Å². The van der Waals surface area contributed by atoms with Crippen LogP contribution in [0.4, 0.5) is 0 Å². The standard InChI is InChI=1S/C11H14BrNO3/c1-7(16-2)6-13-11(15)9-5-8(12)3-4-10(9)14/h3-5,7,14H,6H2,1-2H3,(H,13,15). The van der Waals surface area contributed by atoms with E-state index in [0.717, 1.165) is 4.47 Å². The van der Waals surface area contributed by atoms with Crippen molar-refractivity contribution in [3.8, 4) is 5.75 Å². The lowest BCUT2D eigenvalue weighted by Crippen LogP contribution is -2.31. The lowest BCUT2D eigenvalue weighted by molar-refractivity contribution is 0.0868. The molecule has 0 bridgehead atoms. The van der Waals surface area contributed by atoms with Crippen LogP contribution in [0.25, 0.3) is 0 Å². The Balaban J connectivity index is 2.69. The number of methoxy groups -OCH3 is 1. The third kappa shape index (κ3) is 3.50. The molecule has 5 heteroatoms. The number of hydrogen-bond donors (Lipinski definition) is 2. The van der Waals surface area contributed by atoms with E-state index in [1.165, 1.54) is 6.07 Å². The molecule has 1 aromatic carbocycles. The smallest absolute Gasteiger partial charge is 0.255 e. The van der Waals surface area contributed by atoms with E-state index in [-0.39, 0.29) is 23.3 Å². The van der Waals surface area contributed by atoms with E-state index in [0.29, 0.717) is 6.54 Å². The van der Waals surface area contributed by atoms with Crippen LogP contribution in [0.1, 0.15) is 17.3 Å². The average Bonchev–Trinajstić information content (AvgIpc) is 2.28. The second kappa shape index (κ2) is 5.86. The number of phenols is 1. The van der Waals surface area contributed by atoms with Gasteiger partial charge >= 0.3 is 0 Å². The number of aromatic hydroxyl groups is 1. The van der Waals surface area contributed by atoms with Gasteiger partial charge in [0.05, 0.1) is 11.7 Å². The van der Waals surface area contributed by atoms with Gasteiger partial charge in [0, 0.05) is 18.1 Å². The zero-order chi connectivity index (χ0) is 12.1. The Morgan fingerprint density at radius 3 is 2.94 bits per heavy atom. The molecule has 0 radical (unpaired) electrons. The van der Waals surface area contributed by atoms with E-state index in [1.54, 1.807) is 19.2 Å². The summed E-state index contributed by atoms with van der Waals surface area (Å²) in [6.07, 6.45) is -0.0572. The quantitative estimate of drug-likeness (QED) is 0.890. The monoisotopic (exact) mass is 287 g/mol. The molecular formula is C11H14BrNO3. The maximum Gasteiger partial charge on any atom is 0.255 e. The third-order valence-corrected chi connectivity index (χ3v) is 2.65. The fourth-order valence-electron chi connectivity index (χ4n) is 1.11. The SMILES string of the molecule is COC(C)CNC(=O)c1cc(Br)ccc1O. The second-order valence-electron chi connectivity index (χ2n) is 3.42. The fourth-order valence-corrected chi connectivity index (χ4v) is 1.47. The summed E-state index contributed by atoms with van der Waals surface area (Å²) < 4.78 is 5.75. The molecule has 2 N–H and O–H groups in total. The van der Waals surface area contributed by atoms with Crippen molar-refractivity contribution in [2.45, 2.75) is 13.0 Å². The first-order valence-corrected chi connectivity index (χ1v) is 5.63. The van der Waals surface area contributed by atoms with Gasteiger partial charge in [0.25, 0.3) is 5.91 Å². The summed E-state index contributed by atoms with van der Waals surface area (Å²) in [5, 5.41) is 12.2. The van der Waals surface area contributed by atoms with Crippen LogP contribution in [0, 0.1) is 0 Å². The molecular weight excluding hydrogens is 274 g/mol. The molecule has 0 heterocycles. The van der Waals surface area contributed by atoms with Crippen LogP contribution in [0.15, 0.2) is 22.7 Å². The number of carbonyl (C=O) groups excluding carboxylic acids is 1. The number of ether oxygens (including phenoxy) is 1. The molecule has 1 rings (SSSR count). The topological polar surface area (TPSA) is 58.6 Å². The van der Waals surface area contributed by atoms with Crippen LogP contribution >= 0.6 is 15.9 Å². The Hall–Kier alpha value is -1.07. The van der Waals surface area contributed by atoms with E-state index in [1.807, 2.05) is 6.92 Å². The average molecular weight is 288 g/mol. The van der Waals surface area contributed by atoms with E-state index >= 15 is 0 Å². The van der Waals surface area contributed by atoms with Gasteiger partial charge in [0.2, 0.25) is 0 Å². The minimum absolute atomic E-state index is 0.0363. The normalized spacial score (nSPS) is 12.2. The van der Waals surface area contributed by atoms with Crippen molar-refractivity contribution in [3.63, 3.8) is 0 Å². The van der Waals surface area contributed by atoms with E-state index < -0.39 is 0 Å². The highest BCUT2D eigenvalue weighted by molar-refractivity contribution is 9.10. The first-order chi connectivity index (χ1) is 7.54. The Morgan fingerprint density at radius 1 is 1.62 bits per heavy atom. The molecule has 0 aromatic heterocycles. The number of hydrogen-bond acceptors (Lipinski definition) is 3. The zero-order valence-electron chi connectivity index (χ0n) is 9.16. The number of halogens is 1. The van der Waals surface area contributed by atoms with Gasteiger partial charge in [-0.05, 0) is 25.1 Å². The summed E-state index contributed by atoms with van der Waals surface area (Å²) in [7, 11) is 1.58. The first kappa shape index (κ1) is 13.0. The molecule has 0 saturated heterocycles. The summed E-state index contributed by atoms with van der Waals surface area (Å²) in [5.41, 5.74) is 0.248. The van der Waals surface area contributed by atoms with Crippen molar-refractivity contribution in [3.05, 3.63) is 28.2 Å².